The molecule has 6 heteroatoms. The van der Waals surface area contributed by atoms with Crippen LogP contribution in [0.5, 0.6) is 0 Å². The van der Waals surface area contributed by atoms with Crippen molar-refractivity contribution in [2.75, 3.05) is 0 Å². The van der Waals surface area contributed by atoms with Crippen LogP contribution < -0.4 is 5.32 Å². The molecule has 4 aromatic rings. The SMILES string of the molecule is Cc1nc2ccccn2c1C(=O)NCc1cnn2ccccc12. The van der Waals surface area contributed by atoms with E-state index in [1.54, 1.807) is 15.1 Å². The molecule has 114 valence electrons. The first-order chi connectivity index (χ1) is 11.2. The molecule has 0 saturated carbocycles. The molecule has 0 aliphatic carbocycles. The first kappa shape index (κ1) is 13.5. The fourth-order valence-electron chi connectivity index (χ4n) is 2.77. The lowest BCUT2D eigenvalue weighted by atomic mass is 10.2. The monoisotopic (exact) mass is 305 g/mol. The Morgan fingerprint density at radius 1 is 1.17 bits per heavy atom. The Bertz CT molecular complexity index is 1010. The summed E-state index contributed by atoms with van der Waals surface area (Å²) in [6, 6.07) is 11.5. The molecule has 0 aliphatic heterocycles. The van der Waals surface area contributed by atoms with Gasteiger partial charge in [0.25, 0.3) is 5.91 Å². The van der Waals surface area contributed by atoms with Gasteiger partial charge in [0.05, 0.1) is 17.4 Å². The van der Waals surface area contributed by atoms with E-state index in [1.807, 2.05) is 55.7 Å². The maximum absolute atomic E-state index is 12.6. The van der Waals surface area contributed by atoms with E-state index in [1.165, 1.54) is 0 Å². The number of fused-ring (bicyclic) bond motifs is 2. The van der Waals surface area contributed by atoms with Crippen LogP contribution >= 0.6 is 0 Å². The van der Waals surface area contributed by atoms with E-state index in [2.05, 4.69) is 15.4 Å². The minimum Gasteiger partial charge on any atom is -0.346 e. The van der Waals surface area contributed by atoms with Gasteiger partial charge in [-0.1, -0.05) is 12.1 Å². The molecular weight excluding hydrogens is 290 g/mol. The molecule has 23 heavy (non-hydrogen) atoms. The van der Waals surface area contributed by atoms with E-state index in [-0.39, 0.29) is 5.91 Å². The maximum Gasteiger partial charge on any atom is 0.270 e. The van der Waals surface area contributed by atoms with Crippen molar-refractivity contribution in [3.63, 3.8) is 0 Å². The summed E-state index contributed by atoms with van der Waals surface area (Å²) in [5.41, 5.74) is 4.02. The van der Waals surface area contributed by atoms with Crippen molar-refractivity contribution < 1.29 is 4.79 Å². The number of carbonyl (C=O) groups is 1. The summed E-state index contributed by atoms with van der Waals surface area (Å²) in [5, 5.41) is 7.23. The van der Waals surface area contributed by atoms with E-state index < -0.39 is 0 Å². The number of hydrogen-bond acceptors (Lipinski definition) is 3. The molecule has 0 fully saturated rings. The Labute approximate surface area is 132 Å². The Morgan fingerprint density at radius 3 is 2.91 bits per heavy atom. The standard InChI is InChI=1S/C17H15N5O/c1-12-16(21-8-4-3-7-15(21)20-12)17(23)18-10-13-11-19-22-9-5-2-6-14(13)22/h2-9,11H,10H2,1H3,(H,18,23). The number of nitrogens with zero attached hydrogens (tertiary/aromatic N) is 4. The average Bonchev–Trinajstić information content (AvgIpc) is 3.12. The van der Waals surface area contributed by atoms with E-state index >= 15 is 0 Å². The zero-order valence-electron chi connectivity index (χ0n) is 12.6. The van der Waals surface area contributed by atoms with Gasteiger partial charge in [-0.3, -0.25) is 9.20 Å². The lowest BCUT2D eigenvalue weighted by Gasteiger charge is -2.05. The number of hydrogen-bond donors (Lipinski definition) is 1. The lowest BCUT2D eigenvalue weighted by Crippen LogP contribution is -2.24. The van der Waals surface area contributed by atoms with Gasteiger partial charge in [0.15, 0.2) is 0 Å². The first-order valence-electron chi connectivity index (χ1n) is 7.37. The molecule has 0 bridgehead atoms. The van der Waals surface area contributed by atoms with Gasteiger partial charge in [-0.2, -0.15) is 5.10 Å². The molecule has 4 rings (SSSR count). The van der Waals surface area contributed by atoms with E-state index in [0.717, 1.165) is 16.7 Å². The Kier molecular flexibility index (Phi) is 3.08. The number of carbonyl (C=O) groups excluding carboxylic acids is 1. The highest BCUT2D eigenvalue weighted by molar-refractivity contribution is 5.94. The average molecular weight is 305 g/mol. The van der Waals surface area contributed by atoms with Gasteiger partial charge in [0, 0.05) is 24.5 Å². The number of pyridine rings is 2. The Hall–Kier alpha value is -3.15. The summed E-state index contributed by atoms with van der Waals surface area (Å²) in [6.07, 6.45) is 5.51. The van der Waals surface area contributed by atoms with Crippen LogP contribution in [0.2, 0.25) is 0 Å². The largest absolute Gasteiger partial charge is 0.346 e. The second-order valence-corrected chi connectivity index (χ2v) is 5.36. The molecule has 4 heterocycles. The van der Waals surface area contributed by atoms with Gasteiger partial charge >= 0.3 is 0 Å². The van der Waals surface area contributed by atoms with E-state index in [0.29, 0.717) is 17.9 Å². The first-order valence-corrected chi connectivity index (χ1v) is 7.37. The molecule has 0 aliphatic rings. The minimum absolute atomic E-state index is 0.142. The van der Waals surface area contributed by atoms with Gasteiger partial charge in [-0.25, -0.2) is 9.50 Å². The van der Waals surface area contributed by atoms with Crippen molar-refractivity contribution in [3.05, 3.63) is 71.9 Å². The maximum atomic E-state index is 12.6. The van der Waals surface area contributed by atoms with Crippen LogP contribution in [-0.4, -0.2) is 24.9 Å². The zero-order valence-corrected chi connectivity index (χ0v) is 12.6. The molecule has 0 saturated heterocycles. The van der Waals surface area contributed by atoms with Crippen LogP contribution in [0.4, 0.5) is 0 Å². The molecule has 0 aromatic carbocycles. The highest BCUT2D eigenvalue weighted by Gasteiger charge is 2.16. The minimum atomic E-state index is -0.142. The summed E-state index contributed by atoms with van der Waals surface area (Å²) in [7, 11) is 0. The van der Waals surface area contributed by atoms with Crippen molar-refractivity contribution in [1.29, 1.82) is 0 Å². The third-order valence-electron chi connectivity index (χ3n) is 3.86. The lowest BCUT2D eigenvalue weighted by molar-refractivity contribution is 0.0944. The number of aryl methyl sites for hydroxylation is 1. The van der Waals surface area contributed by atoms with Crippen LogP contribution in [0.1, 0.15) is 21.7 Å². The third-order valence-corrected chi connectivity index (χ3v) is 3.86. The molecular formula is C17H15N5O. The van der Waals surface area contributed by atoms with Gasteiger partial charge in [-0.15, -0.1) is 0 Å². The number of rotatable bonds is 3. The number of amides is 1. The van der Waals surface area contributed by atoms with Gasteiger partial charge in [-0.05, 0) is 31.2 Å². The Morgan fingerprint density at radius 2 is 2.00 bits per heavy atom. The molecule has 0 radical (unpaired) electrons. The molecule has 0 unspecified atom stereocenters. The molecule has 4 aromatic heterocycles. The predicted octanol–water partition coefficient (Wildman–Crippen LogP) is 2.22. The van der Waals surface area contributed by atoms with Crippen LogP contribution in [0.15, 0.2) is 55.0 Å². The smallest absolute Gasteiger partial charge is 0.270 e. The topological polar surface area (TPSA) is 63.7 Å². The molecule has 6 nitrogen and oxygen atoms in total. The van der Waals surface area contributed by atoms with Gasteiger partial charge in [0.1, 0.15) is 11.3 Å². The predicted molar refractivity (Wildman–Crippen MR) is 86.3 cm³/mol. The fraction of sp³-hybridized carbons (Fsp3) is 0.118. The van der Waals surface area contributed by atoms with Gasteiger partial charge in [0.2, 0.25) is 0 Å². The summed E-state index contributed by atoms with van der Waals surface area (Å²) >= 11 is 0. The third kappa shape index (κ3) is 2.24. The van der Waals surface area contributed by atoms with Crippen LogP contribution in [0.25, 0.3) is 11.2 Å². The van der Waals surface area contributed by atoms with Crippen molar-refractivity contribution in [2.24, 2.45) is 0 Å². The summed E-state index contributed by atoms with van der Waals surface area (Å²) in [6.45, 7) is 2.27. The van der Waals surface area contributed by atoms with Crippen molar-refractivity contribution >= 4 is 17.1 Å². The molecule has 1 N–H and O–H groups in total. The fourth-order valence-corrected chi connectivity index (χ4v) is 2.77. The van der Waals surface area contributed by atoms with Crippen molar-refractivity contribution in [2.45, 2.75) is 13.5 Å². The molecule has 1 amide bonds. The van der Waals surface area contributed by atoms with Crippen molar-refractivity contribution in [3.8, 4) is 0 Å². The van der Waals surface area contributed by atoms with Crippen LogP contribution in [0, 0.1) is 6.92 Å². The molecule has 0 spiro atoms. The summed E-state index contributed by atoms with van der Waals surface area (Å²) in [4.78, 5) is 17.0. The molecule has 0 atom stereocenters. The Balaban J connectivity index is 1.61. The van der Waals surface area contributed by atoms with E-state index in [9.17, 15) is 4.79 Å². The highest BCUT2D eigenvalue weighted by Crippen LogP contribution is 2.13. The highest BCUT2D eigenvalue weighted by atomic mass is 16.1. The normalized spacial score (nSPS) is 11.2. The number of aromatic nitrogens is 4. The quantitative estimate of drug-likeness (QED) is 0.631. The zero-order chi connectivity index (χ0) is 15.8. The summed E-state index contributed by atoms with van der Waals surface area (Å²) in [5.74, 6) is -0.142. The number of imidazole rings is 1. The van der Waals surface area contributed by atoms with Crippen molar-refractivity contribution in [1.82, 2.24) is 24.3 Å². The van der Waals surface area contributed by atoms with Crippen LogP contribution in [0.3, 0.4) is 0 Å². The van der Waals surface area contributed by atoms with Crippen LogP contribution in [-0.2, 0) is 6.54 Å². The summed E-state index contributed by atoms with van der Waals surface area (Å²) < 4.78 is 3.60. The van der Waals surface area contributed by atoms with Gasteiger partial charge < -0.3 is 5.32 Å². The second-order valence-electron chi connectivity index (χ2n) is 5.36. The second kappa shape index (κ2) is 5.24. The van der Waals surface area contributed by atoms with E-state index in [4.69, 9.17) is 0 Å². The number of nitrogens with one attached hydrogen (secondary N) is 1.